The van der Waals surface area contributed by atoms with Crippen LogP contribution >= 0.6 is 11.3 Å². The lowest BCUT2D eigenvalue weighted by Crippen LogP contribution is -2.23. The Morgan fingerprint density at radius 1 is 1.28 bits per heavy atom. The van der Waals surface area contributed by atoms with Crippen molar-refractivity contribution in [2.45, 2.75) is 26.7 Å². The number of carbonyl (C=O) groups is 1. The largest absolute Gasteiger partial charge is 0.273 e. The number of thiazole rings is 1. The molecule has 0 aliphatic heterocycles. The summed E-state index contributed by atoms with van der Waals surface area (Å²) in [6, 6.07) is 3.36. The fourth-order valence-corrected chi connectivity index (χ4v) is 3.69. The predicted octanol–water partition coefficient (Wildman–Crippen LogP) is 3.76. The highest BCUT2D eigenvalue weighted by atomic mass is 32.1. The van der Waals surface area contributed by atoms with E-state index in [2.05, 4.69) is 25.4 Å². The minimum atomic E-state index is -2.50. The van der Waals surface area contributed by atoms with Crippen molar-refractivity contribution in [1.82, 2.24) is 24.6 Å². The van der Waals surface area contributed by atoms with Gasteiger partial charge in [-0.2, -0.15) is 0 Å². The van der Waals surface area contributed by atoms with Crippen LogP contribution in [0.15, 0.2) is 36.1 Å². The van der Waals surface area contributed by atoms with Crippen molar-refractivity contribution in [3.63, 3.8) is 0 Å². The number of aryl methyl sites for hydroxylation is 2. The van der Waals surface area contributed by atoms with E-state index in [0.717, 1.165) is 5.69 Å². The van der Waals surface area contributed by atoms with Gasteiger partial charge < -0.3 is 0 Å². The topological polar surface area (TPSA) is 85.6 Å². The van der Waals surface area contributed by atoms with Gasteiger partial charge in [0.25, 0.3) is 5.91 Å². The monoisotopic (exact) mass is 414 g/mol. The molecular formula is C19H16F2N6OS. The number of halogens is 2. The summed E-state index contributed by atoms with van der Waals surface area (Å²) in [6.07, 6.45) is 1.52. The normalized spacial score (nSPS) is 11.3. The Balaban J connectivity index is 1.63. The van der Waals surface area contributed by atoms with Crippen molar-refractivity contribution in [2.24, 2.45) is 0 Å². The van der Waals surface area contributed by atoms with Crippen molar-refractivity contribution in [1.29, 1.82) is 0 Å². The molecule has 10 heteroatoms. The molecule has 29 heavy (non-hydrogen) atoms. The Morgan fingerprint density at radius 3 is 2.79 bits per heavy atom. The molecule has 0 radical (unpaired) electrons. The van der Waals surface area contributed by atoms with Crippen LogP contribution in [0.1, 0.15) is 27.3 Å². The first-order valence-electron chi connectivity index (χ1n) is 8.73. The third kappa shape index (κ3) is 3.83. The smallest absolute Gasteiger partial charge is 0.267 e. The van der Waals surface area contributed by atoms with Crippen molar-refractivity contribution in [3.05, 3.63) is 58.6 Å². The molecule has 1 amide bonds. The van der Waals surface area contributed by atoms with Crippen LogP contribution < -0.4 is 5.43 Å². The summed E-state index contributed by atoms with van der Waals surface area (Å²) in [4.78, 5) is 29.9. The summed E-state index contributed by atoms with van der Waals surface area (Å²) in [5.74, 6) is -0.0139. The average molecular weight is 414 g/mol. The van der Waals surface area contributed by atoms with E-state index in [9.17, 15) is 13.6 Å². The summed E-state index contributed by atoms with van der Waals surface area (Å²) in [5.41, 5.74) is 5.11. The minimum absolute atomic E-state index is 0.273. The first-order valence-corrected chi connectivity index (χ1v) is 9.61. The molecule has 4 rings (SSSR count). The van der Waals surface area contributed by atoms with Crippen molar-refractivity contribution in [3.8, 4) is 10.8 Å². The van der Waals surface area contributed by atoms with Gasteiger partial charge >= 0.3 is 0 Å². The molecule has 0 bridgehead atoms. The van der Waals surface area contributed by atoms with Gasteiger partial charge in [-0.15, -0.1) is 11.3 Å². The van der Waals surface area contributed by atoms with Crippen LogP contribution in [0.3, 0.4) is 0 Å². The van der Waals surface area contributed by atoms with Crippen LogP contribution in [0.25, 0.3) is 21.9 Å². The minimum Gasteiger partial charge on any atom is -0.267 e. The van der Waals surface area contributed by atoms with E-state index in [1.807, 2.05) is 12.3 Å². The molecule has 148 valence electrons. The van der Waals surface area contributed by atoms with E-state index in [0.29, 0.717) is 33.1 Å². The van der Waals surface area contributed by atoms with E-state index in [1.54, 1.807) is 19.1 Å². The summed E-state index contributed by atoms with van der Waals surface area (Å²) in [7, 11) is 0. The van der Waals surface area contributed by atoms with Crippen LogP contribution in [-0.4, -0.2) is 36.9 Å². The van der Waals surface area contributed by atoms with Gasteiger partial charge in [0.1, 0.15) is 0 Å². The Kier molecular flexibility index (Phi) is 5.01. The molecule has 7 nitrogen and oxygen atoms in total. The molecule has 0 aromatic carbocycles. The van der Waals surface area contributed by atoms with Gasteiger partial charge in [0.15, 0.2) is 16.5 Å². The number of hydrogen-bond acceptors (Lipinski definition) is 6. The number of rotatable bonds is 5. The fourth-order valence-electron chi connectivity index (χ4n) is 2.96. The van der Waals surface area contributed by atoms with Gasteiger partial charge in [0.2, 0.25) is 6.43 Å². The molecular weight excluding hydrogens is 398 g/mol. The van der Waals surface area contributed by atoms with Gasteiger partial charge in [-0.25, -0.2) is 33.4 Å². The van der Waals surface area contributed by atoms with E-state index in [4.69, 9.17) is 0 Å². The molecule has 0 spiro atoms. The zero-order chi connectivity index (χ0) is 20.5. The second kappa shape index (κ2) is 7.63. The van der Waals surface area contributed by atoms with E-state index < -0.39 is 18.8 Å². The maximum Gasteiger partial charge on any atom is 0.273 e. The molecule has 0 saturated carbocycles. The number of amides is 1. The van der Waals surface area contributed by atoms with Gasteiger partial charge in [-0.1, -0.05) is 0 Å². The summed E-state index contributed by atoms with van der Waals surface area (Å²) in [5, 5.41) is 3.14. The van der Waals surface area contributed by atoms with E-state index in [-0.39, 0.29) is 5.56 Å². The standard InChI is InChI=1S/C19H16F2N6OS/c1-10-9-29-19(24-10)16-23-7-14(11(2)25-16)18(28)26-27-8-12(6-15(20)21)13-4-3-5-22-17(13)27/h3-5,7-9,15H,6H2,1-2H3,(H,26,28). The number of carbonyl (C=O) groups excluding carboxylic acids is 1. The summed E-state index contributed by atoms with van der Waals surface area (Å²) >= 11 is 1.43. The highest BCUT2D eigenvalue weighted by molar-refractivity contribution is 7.13. The zero-order valence-corrected chi connectivity index (χ0v) is 16.4. The molecule has 0 unspecified atom stereocenters. The SMILES string of the molecule is Cc1csc(-c2ncc(C(=O)Nn3cc(CC(F)F)c4cccnc43)c(C)n2)n1. The lowest BCUT2D eigenvalue weighted by atomic mass is 10.2. The van der Waals surface area contributed by atoms with Crippen molar-refractivity contribution < 1.29 is 13.6 Å². The van der Waals surface area contributed by atoms with Crippen LogP contribution in [0.2, 0.25) is 0 Å². The Morgan fingerprint density at radius 2 is 2.10 bits per heavy atom. The fraction of sp³-hybridized carbons (Fsp3) is 0.211. The van der Waals surface area contributed by atoms with Crippen LogP contribution in [0.5, 0.6) is 0 Å². The Hall–Kier alpha value is -3.27. The van der Waals surface area contributed by atoms with Crippen LogP contribution in [0.4, 0.5) is 8.78 Å². The molecule has 0 saturated heterocycles. The number of aromatic nitrogens is 5. The lowest BCUT2D eigenvalue weighted by Gasteiger charge is -2.09. The second-order valence-corrected chi connectivity index (χ2v) is 7.28. The Bertz CT molecular complexity index is 1200. The van der Waals surface area contributed by atoms with E-state index >= 15 is 0 Å². The molecule has 4 aromatic heterocycles. The maximum absolute atomic E-state index is 12.9. The molecule has 4 aromatic rings. The number of fused-ring (bicyclic) bond motifs is 1. The van der Waals surface area contributed by atoms with Crippen molar-refractivity contribution in [2.75, 3.05) is 5.43 Å². The van der Waals surface area contributed by atoms with Crippen LogP contribution in [-0.2, 0) is 6.42 Å². The van der Waals surface area contributed by atoms with Crippen LogP contribution in [0, 0.1) is 13.8 Å². The predicted molar refractivity (Wildman–Crippen MR) is 106 cm³/mol. The number of nitrogens with zero attached hydrogens (tertiary/aromatic N) is 5. The van der Waals surface area contributed by atoms with Gasteiger partial charge in [0, 0.05) is 41.5 Å². The van der Waals surface area contributed by atoms with Gasteiger partial charge in [-0.3, -0.25) is 10.2 Å². The Labute approximate surface area is 168 Å². The zero-order valence-electron chi connectivity index (χ0n) is 15.6. The maximum atomic E-state index is 12.9. The molecule has 0 aliphatic rings. The highest BCUT2D eigenvalue weighted by Crippen LogP contribution is 2.22. The number of alkyl halides is 2. The molecule has 0 aliphatic carbocycles. The first kappa shape index (κ1) is 19.1. The highest BCUT2D eigenvalue weighted by Gasteiger charge is 2.18. The number of pyridine rings is 1. The first-order chi connectivity index (χ1) is 13.9. The van der Waals surface area contributed by atoms with E-state index in [1.165, 1.54) is 34.6 Å². The summed E-state index contributed by atoms with van der Waals surface area (Å²) in [6.45, 7) is 3.58. The average Bonchev–Trinajstić information content (AvgIpc) is 3.26. The molecule has 0 fully saturated rings. The second-order valence-electron chi connectivity index (χ2n) is 6.42. The quantitative estimate of drug-likeness (QED) is 0.537. The molecule has 1 N–H and O–H groups in total. The number of nitrogens with one attached hydrogen (secondary N) is 1. The summed E-state index contributed by atoms with van der Waals surface area (Å²) < 4.78 is 27.1. The van der Waals surface area contributed by atoms with Gasteiger partial charge in [-0.05, 0) is 31.5 Å². The number of hydrogen-bond donors (Lipinski definition) is 1. The third-order valence-corrected chi connectivity index (χ3v) is 5.23. The van der Waals surface area contributed by atoms with Crippen molar-refractivity contribution >= 4 is 28.3 Å². The molecule has 0 atom stereocenters. The third-order valence-electron chi connectivity index (χ3n) is 4.28. The molecule has 4 heterocycles. The lowest BCUT2D eigenvalue weighted by molar-refractivity contribution is 0.101. The van der Waals surface area contributed by atoms with Gasteiger partial charge in [0.05, 0.1) is 11.3 Å².